The van der Waals surface area contributed by atoms with Crippen molar-refractivity contribution in [2.75, 3.05) is 0 Å². The molecule has 1 unspecified atom stereocenters. The number of rotatable bonds is 2. The van der Waals surface area contributed by atoms with E-state index in [1.54, 1.807) is 11.1 Å². The molecule has 5 rings (SSSR count). The van der Waals surface area contributed by atoms with Crippen LogP contribution in [0.25, 0.3) is 0 Å². The molecule has 1 aromatic heterocycles. The predicted molar refractivity (Wildman–Crippen MR) is 108 cm³/mol. The summed E-state index contributed by atoms with van der Waals surface area (Å²) in [6.45, 7) is 7.43. The number of furan rings is 1. The number of aliphatic hydroxyl groups excluding tert-OH is 1. The average molecular weight is 367 g/mol. The van der Waals surface area contributed by atoms with Gasteiger partial charge in [-0.1, -0.05) is 44.1 Å². The number of hydrogen-bond acceptors (Lipinski definition) is 2. The van der Waals surface area contributed by atoms with Crippen molar-refractivity contribution in [1.29, 1.82) is 0 Å². The number of aliphatic hydroxyl groups is 1. The minimum Gasteiger partial charge on any atom is -0.472 e. The zero-order chi connectivity index (χ0) is 18.8. The summed E-state index contributed by atoms with van der Waals surface area (Å²) in [5.41, 5.74) is 5.23. The third kappa shape index (κ3) is 2.48. The number of hydrogen-bond donors (Lipinski definition) is 1. The summed E-state index contributed by atoms with van der Waals surface area (Å²) < 4.78 is 5.38. The van der Waals surface area contributed by atoms with E-state index in [9.17, 15) is 5.11 Å². The smallest absolute Gasteiger partial charge is 0.0940 e. The summed E-state index contributed by atoms with van der Waals surface area (Å²) in [5.74, 6) is 2.85. The zero-order valence-corrected chi connectivity index (χ0v) is 17.1. The topological polar surface area (TPSA) is 33.4 Å². The molecule has 146 valence electrons. The summed E-state index contributed by atoms with van der Waals surface area (Å²) in [6.07, 6.45) is 17.0. The van der Waals surface area contributed by atoms with Gasteiger partial charge in [-0.25, -0.2) is 0 Å². The first kappa shape index (κ1) is 17.8. The van der Waals surface area contributed by atoms with Crippen LogP contribution in [0.15, 0.2) is 46.3 Å². The van der Waals surface area contributed by atoms with E-state index in [0.29, 0.717) is 16.7 Å². The molecule has 2 nitrogen and oxygen atoms in total. The van der Waals surface area contributed by atoms with Crippen molar-refractivity contribution < 1.29 is 9.52 Å². The Kier molecular flexibility index (Phi) is 4.03. The van der Waals surface area contributed by atoms with E-state index >= 15 is 0 Å². The van der Waals surface area contributed by atoms with Crippen molar-refractivity contribution in [3.05, 3.63) is 47.5 Å². The highest BCUT2D eigenvalue weighted by Crippen LogP contribution is 2.66. The minimum atomic E-state index is -0.106. The number of allylic oxidation sites excluding steroid dienone is 3. The molecular weight excluding hydrogens is 332 g/mol. The van der Waals surface area contributed by atoms with Crippen LogP contribution in [0.1, 0.15) is 77.2 Å². The molecule has 2 fully saturated rings. The summed E-state index contributed by atoms with van der Waals surface area (Å²) in [6, 6.07) is 2.14. The van der Waals surface area contributed by atoms with Crippen LogP contribution in [0.4, 0.5) is 0 Å². The number of fused-ring (bicyclic) bond motifs is 5. The fourth-order valence-electron chi connectivity index (χ4n) is 7.61. The van der Waals surface area contributed by atoms with Crippen LogP contribution in [0.3, 0.4) is 0 Å². The van der Waals surface area contributed by atoms with Gasteiger partial charge in [0.25, 0.3) is 0 Å². The quantitative estimate of drug-likeness (QED) is 0.628. The van der Waals surface area contributed by atoms with Gasteiger partial charge in [0.1, 0.15) is 0 Å². The molecule has 0 radical (unpaired) electrons. The summed E-state index contributed by atoms with van der Waals surface area (Å²) in [4.78, 5) is 0. The van der Waals surface area contributed by atoms with Gasteiger partial charge in [0, 0.05) is 5.92 Å². The van der Waals surface area contributed by atoms with Crippen LogP contribution < -0.4 is 0 Å². The Labute approximate surface area is 163 Å². The maximum Gasteiger partial charge on any atom is 0.0940 e. The third-order valence-electron chi connectivity index (χ3n) is 9.23. The maximum atomic E-state index is 10.2. The first-order chi connectivity index (χ1) is 12.9. The monoisotopic (exact) mass is 366 g/mol. The van der Waals surface area contributed by atoms with Crippen molar-refractivity contribution in [2.24, 2.45) is 28.6 Å². The standard InChI is InChI=1S/C25H34O2/c1-16(17-10-13-27-15-17)21-6-7-22-20-5-4-18-14-19(26)8-11-24(18,2)23(20)9-12-25(21,22)3/h4,6,10,13,15-16,19-20,22-23,26H,5,7-9,11-12,14H2,1-3H3/t16?,19-,20-,22-,23-,24-,25+/m0/s1. The Morgan fingerprint density at radius 2 is 1.89 bits per heavy atom. The molecule has 1 aromatic rings. The molecule has 0 aliphatic heterocycles. The second kappa shape index (κ2) is 6.11. The van der Waals surface area contributed by atoms with E-state index in [-0.39, 0.29) is 6.10 Å². The molecule has 4 aliphatic carbocycles. The highest BCUT2D eigenvalue weighted by molar-refractivity contribution is 5.36. The van der Waals surface area contributed by atoms with Crippen LogP contribution in [-0.2, 0) is 0 Å². The van der Waals surface area contributed by atoms with E-state index in [2.05, 4.69) is 39.0 Å². The maximum absolute atomic E-state index is 10.2. The molecule has 0 aromatic carbocycles. The lowest BCUT2D eigenvalue weighted by atomic mass is 9.47. The average Bonchev–Trinajstić information content (AvgIpc) is 3.29. The van der Waals surface area contributed by atoms with Crippen LogP contribution >= 0.6 is 0 Å². The molecule has 0 amide bonds. The molecule has 0 spiro atoms. The van der Waals surface area contributed by atoms with Crippen molar-refractivity contribution in [1.82, 2.24) is 0 Å². The van der Waals surface area contributed by atoms with Gasteiger partial charge in [0.2, 0.25) is 0 Å². The first-order valence-electron chi connectivity index (χ1n) is 11.0. The Hall–Kier alpha value is -1.28. The van der Waals surface area contributed by atoms with Gasteiger partial charge in [-0.15, -0.1) is 0 Å². The third-order valence-corrected chi connectivity index (χ3v) is 9.23. The van der Waals surface area contributed by atoms with E-state index in [0.717, 1.165) is 30.6 Å². The van der Waals surface area contributed by atoms with E-state index in [4.69, 9.17) is 4.42 Å². The van der Waals surface area contributed by atoms with Gasteiger partial charge >= 0.3 is 0 Å². The largest absolute Gasteiger partial charge is 0.472 e. The molecular formula is C25H34O2. The Balaban J connectivity index is 1.44. The van der Waals surface area contributed by atoms with Gasteiger partial charge in [-0.2, -0.15) is 0 Å². The molecule has 7 atom stereocenters. The minimum absolute atomic E-state index is 0.106. The van der Waals surface area contributed by atoms with Gasteiger partial charge in [0.05, 0.1) is 18.6 Å². The fourth-order valence-corrected chi connectivity index (χ4v) is 7.61. The lowest BCUT2D eigenvalue weighted by molar-refractivity contribution is -0.0305. The van der Waals surface area contributed by atoms with Crippen LogP contribution in [-0.4, -0.2) is 11.2 Å². The fraction of sp³-hybridized carbons (Fsp3) is 0.680. The lowest BCUT2D eigenvalue weighted by Gasteiger charge is -2.58. The Bertz CT molecular complexity index is 772. The van der Waals surface area contributed by atoms with Gasteiger partial charge in [0.15, 0.2) is 0 Å². The SMILES string of the molecule is CC(C1=CC[C@H]2[C@@H]3CC=C4C[C@@H](O)CC[C@]4(C)[C@H]3CC[C@]12C)c1ccoc1. The first-order valence-corrected chi connectivity index (χ1v) is 11.0. The van der Waals surface area contributed by atoms with Crippen molar-refractivity contribution in [2.45, 2.75) is 77.7 Å². The molecule has 27 heavy (non-hydrogen) atoms. The van der Waals surface area contributed by atoms with Gasteiger partial charge in [-0.3, -0.25) is 0 Å². The van der Waals surface area contributed by atoms with E-state index in [1.165, 1.54) is 37.7 Å². The summed E-state index contributed by atoms with van der Waals surface area (Å²) in [7, 11) is 0. The molecule has 0 saturated heterocycles. The highest BCUT2D eigenvalue weighted by atomic mass is 16.3. The predicted octanol–water partition coefficient (Wildman–Crippen LogP) is 6.24. The highest BCUT2D eigenvalue weighted by Gasteiger charge is 2.57. The normalized spacial score (nSPS) is 44.6. The van der Waals surface area contributed by atoms with Gasteiger partial charge < -0.3 is 9.52 Å². The Morgan fingerprint density at radius 3 is 2.67 bits per heavy atom. The van der Waals surface area contributed by atoms with Crippen molar-refractivity contribution >= 4 is 0 Å². The molecule has 0 bridgehead atoms. The van der Waals surface area contributed by atoms with Crippen LogP contribution in [0.5, 0.6) is 0 Å². The second-order valence-electron chi connectivity index (χ2n) is 10.3. The van der Waals surface area contributed by atoms with Crippen molar-refractivity contribution in [3.8, 4) is 0 Å². The molecule has 2 saturated carbocycles. The lowest BCUT2D eigenvalue weighted by Crippen LogP contribution is -2.50. The molecule has 2 heteroatoms. The van der Waals surface area contributed by atoms with E-state index < -0.39 is 0 Å². The summed E-state index contributed by atoms with van der Waals surface area (Å²) in [5, 5.41) is 10.2. The molecule has 1 N–H and O–H groups in total. The Morgan fingerprint density at radius 1 is 1.07 bits per heavy atom. The zero-order valence-electron chi connectivity index (χ0n) is 17.1. The second-order valence-corrected chi connectivity index (χ2v) is 10.3. The molecule has 1 heterocycles. The summed E-state index contributed by atoms with van der Waals surface area (Å²) >= 11 is 0. The van der Waals surface area contributed by atoms with Crippen LogP contribution in [0.2, 0.25) is 0 Å². The molecule has 4 aliphatic rings. The van der Waals surface area contributed by atoms with E-state index in [1.807, 2.05) is 12.5 Å². The van der Waals surface area contributed by atoms with Crippen LogP contribution in [0, 0.1) is 28.6 Å². The van der Waals surface area contributed by atoms with Crippen molar-refractivity contribution in [3.63, 3.8) is 0 Å². The van der Waals surface area contributed by atoms with Gasteiger partial charge in [-0.05, 0) is 85.2 Å².